The van der Waals surface area contributed by atoms with Gasteiger partial charge in [-0.25, -0.2) is 8.42 Å². The number of nitrogens with one attached hydrogen (secondary N) is 2. The predicted molar refractivity (Wildman–Crippen MR) is 123 cm³/mol. The largest absolute Gasteiger partial charge is 0.481 e. The van der Waals surface area contributed by atoms with Crippen LogP contribution >= 0.6 is 0 Å². The molecule has 2 N–H and O–H groups in total. The number of ether oxygens (including phenoxy) is 1. The number of rotatable bonds is 8. The summed E-state index contributed by atoms with van der Waals surface area (Å²) in [7, 11) is -4.14. The van der Waals surface area contributed by atoms with Crippen molar-refractivity contribution >= 4 is 27.3 Å². The average molecular weight is 493 g/mol. The topological polar surface area (TPSA) is 84.5 Å². The number of alkyl halides is 3. The van der Waals surface area contributed by atoms with Crippen LogP contribution in [-0.2, 0) is 27.4 Å². The summed E-state index contributed by atoms with van der Waals surface area (Å²) in [6.07, 6.45) is -4.66. The fourth-order valence-electron chi connectivity index (χ4n) is 3.09. The van der Waals surface area contributed by atoms with Gasteiger partial charge in [-0.2, -0.15) is 13.2 Å². The summed E-state index contributed by atoms with van der Waals surface area (Å²) < 4.78 is 71.6. The fraction of sp³-hybridized carbons (Fsp3) is 0.208. The molecule has 3 aromatic carbocycles. The van der Waals surface area contributed by atoms with Gasteiger partial charge >= 0.3 is 6.18 Å². The van der Waals surface area contributed by atoms with E-state index >= 15 is 0 Å². The van der Waals surface area contributed by atoms with Crippen molar-refractivity contribution in [1.29, 1.82) is 0 Å². The summed E-state index contributed by atoms with van der Waals surface area (Å²) in [5.74, 6) is 0.179. The van der Waals surface area contributed by atoms with Crippen LogP contribution in [-0.4, -0.2) is 20.4 Å². The molecule has 0 aromatic heterocycles. The zero-order chi connectivity index (χ0) is 24.9. The van der Waals surface area contributed by atoms with Gasteiger partial charge in [-0.15, -0.1) is 0 Å². The molecule has 3 rings (SSSR count). The van der Waals surface area contributed by atoms with Gasteiger partial charge in [0.2, 0.25) is 0 Å². The van der Waals surface area contributed by atoms with E-state index in [1.54, 1.807) is 13.0 Å². The van der Waals surface area contributed by atoms with Crippen LogP contribution in [0.1, 0.15) is 25.0 Å². The van der Waals surface area contributed by atoms with E-state index in [1.807, 2.05) is 25.1 Å². The minimum absolute atomic E-state index is 0.177. The predicted octanol–water partition coefficient (Wildman–Crippen LogP) is 5.47. The van der Waals surface area contributed by atoms with Crippen LogP contribution in [0.2, 0.25) is 0 Å². The van der Waals surface area contributed by atoms with Crippen LogP contribution in [0.25, 0.3) is 0 Å². The lowest BCUT2D eigenvalue weighted by Gasteiger charge is -2.17. The minimum Gasteiger partial charge on any atom is -0.481 e. The van der Waals surface area contributed by atoms with Crippen LogP contribution in [0.3, 0.4) is 0 Å². The number of hydrogen-bond donors (Lipinski definition) is 2. The van der Waals surface area contributed by atoms with E-state index in [9.17, 15) is 26.4 Å². The number of carbonyl (C=O) groups is 1. The molecule has 0 saturated heterocycles. The first-order chi connectivity index (χ1) is 16.0. The zero-order valence-corrected chi connectivity index (χ0v) is 19.2. The second-order valence-corrected chi connectivity index (χ2v) is 9.10. The van der Waals surface area contributed by atoms with E-state index in [1.165, 1.54) is 30.3 Å². The standard InChI is InChI=1S/C24H23F3N2O4S/c1-3-17-7-4-5-10-22(17)33-16(2)23(30)28-19-11-13-21(14-12-19)34(31,32)29-20-9-6-8-18(15-20)24(25,26)27/h4-16,29H,3H2,1-2H3,(H,28,30). The Bertz CT molecular complexity index is 1260. The Balaban J connectivity index is 1.66. The molecule has 0 heterocycles. The molecule has 0 fully saturated rings. The maximum atomic E-state index is 12.9. The van der Waals surface area contributed by atoms with Crippen LogP contribution in [0.15, 0.2) is 77.7 Å². The first-order valence-electron chi connectivity index (χ1n) is 10.3. The highest BCUT2D eigenvalue weighted by Crippen LogP contribution is 2.31. The highest BCUT2D eigenvalue weighted by Gasteiger charge is 2.30. The van der Waals surface area contributed by atoms with Crippen molar-refractivity contribution in [1.82, 2.24) is 0 Å². The second kappa shape index (κ2) is 10.2. The molecule has 0 bridgehead atoms. The Morgan fingerprint density at radius 3 is 2.29 bits per heavy atom. The van der Waals surface area contributed by atoms with Crippen LogP contribution in [0, 0.1) is 0 Å². The molecule has 1 amide bonds. The maximum absolute atomic E-state index is 12.9. The molecule has 10 heteroatoms. The van der Waals surface area contributed by atoms with Crippen molar-refractivity contribution < 1.29 is 31.1 Å². The number of benzene rings is 3. The van der Waals surface area contributed by atoms with E-state index in [2.05, 4.69) is 10.0 Å². The molecule has 0 aliphatic rings. The molecule has 0 radical (unpaired) electrons. The number of sulfonamides is 1. The first kappa shape index (κ1) is 25.1. The van der Waals surface area contributed by atoms with E-state index in [-0.39, 0.29) is 10.6 Å². The highest BCUT2D eigenvalue weighted by molar-refractivity contribution is 7.92. The third-order valence-corrected chi connectivity index (χ3v) is 6.30. The smallest absolute Gasteiger partial charge is 0.416 e. The van der Waals surface area contributed by atoms with Crippen LogP contribution < -0.4 is 14.8 Å². The van der Waals surface area contributed by atoms with Crippen LogP contribution in [0.5, 0.6) is 5.75 Å². The van der Waals surface area contributed by atoms with Gasteiger partial charge in [0, 0.05) is 11.4 Å². The number of hydrogen-bond acceptors (Lipinski definition) is 4. The monoisotopic (exact) mass is 492 g/mol. The summed E-state index contributed by atoms with van der Waals surface area (Å²) in [6.45, 7) is 3.57. The lowest BCUT2D eigenvalue weighted by atomic mass is 10.1. The summed E-state index contributed by atoms with van der Waals surface area (Å²) in [5, 5.41) is 2.65. The van der Waals surface area contributed by atoms with Gasteiger partial charge in [0.1, 0.15) is 5.75 Å². The van der Waals surface area contributed by atoms with E-state index < -0.39 is 33.8 Å². The molecule has 1 atom stereocenters. The number of anilines is 2. The van der Waals surface area contributed by atoms with Crippen molar-refractivity contribution in [2.75, 3.05) is 10.0 Å². The quantitative estimate of drug-likeness (QED) is 0.437. The number of para-hydroxylation sites is 1. The highest BCUT2D eigenvalue weighted by atomic mass is 32.2. The van der Waals surface area contributed by atoms with Gasteiger partial charge in [0.15, 0.2) is 6.10 Å². The Hall–Kier alpha value is -3.53. The van der Waals surface area contributed by atoms with Crippen molar-refractivity contribution in [2.45, 2.75) is 37.4 Å². The Labute approximate surface area is 195 Å². The third kappa shape index (κ3) is 6.28. The lowest BCUT2D eigenvalue weighted by Crippen LogP contribution is -2.30. The van der Waals surface area contributed by atoms with E-state index in [4.69, 9.17) is 4.74 Å². The fourth-order valence-corrected chi connectivity index (χ4v) is 4.14. The third-order valence-electron chi connectivity index (χ3n) is 4.90. The van der Waals surface area contributed by atoms with E-state index in [0.717, 1.165) is 24.1 Å². The number of halogens is 3. The lowest BCUT2D eigenvalue weighted by molar-refractivity contribution is -0.137. The molecule has 180 valence electrons. The van der Waals surface area contributed by atoms with Gasteiger partial charge in [0.25, 0.3) is 15.9 Å². The molecule has 3 aromatic rings. The number of aryl methyl sites for hydroxylation is 1. The second-order valence-electron chi connectivity index (χ2n) is 7.42. The SMILES string of the molecule is CCc1ccccc1OC(C)C(=O)Nc1ccc(S(=O)(=O)Nc2cccc(C(F)(F)F)c2)cc1. The first-order valence-corrected chi connectivity index (χ1v) is 11.8. The molecular formula is C24H23F3N2O4S. The van der Waals surface area contributed by atoms with Crippen molar-refractivity contribution in [3.63, 3.8) is 0 Å². The summed E-state index contributed by atoms with van der Waals surface area (Å²) in [4.78, 5) is 12.3. The van der Waals surface area contributed by atoms with Crippen molar-refractivity contribution in [3.8, 4) is 5.75 Å². The Kier molecular flexibility index (Phi) is 7.51. The van der Waals surface area contributed by atoms with Crippen molar-refractivity contribution in [2.24, 2.45) is 0 Å². The van der Waals surface area contributed by atoms with E-state index in [0.29, 0.717) is 17.5 Å². The van der Waals surface area contributed by atoms with Gasteiger partial charge in [0.05, 0.1) is 10.5 Å². The summed E-state index contributed by atoms with van der Waals surface area (Å²) in [5.41, 5.74) is 0.112. The van der Waals surface area contributed by atoms with Crippen molar-refractivity contribution in [3.05, 3.63) is 83.9 Å². The maximum Gasteiger partial charge on any atom is 0.416 e. The Morgan fingerprint density at radius 1 is 0.971 bits per heavy atom. The molecule has 0 aliphatic carbocycles. The van der Waals surface area contributed by atoms with Gasteiger partial charge in [-0.1, -0.05) is 31.2 Å². The van der Waals surface area contributed by atoms with Gasteiger partial charge in [-0.3, -0.25) is 9.52 Å². The minimum atomic E-state index is -4.60. The Morgan fingerprint density at radius 2 is 1.65 bits per heavy atom. The molecule has 0 aliphatic heterocycles. The van der Waals surface area contributed by atoms with Gasteiger partial charge < -0.3 is 10.1 Å². The molecule has 34 heavy (non-hydrogen) atoms. The molecule has 0 saturated carbocycles. The zero-order valence-electron chi connectivity index (χ0n) is 18.4. The molecule has 1 unspecified atom stereocenters. The normalized spacial score (nSPS) is 12.6. The molecule has 0 spiro atoms. The number of amides is 1. The molecule has 6 nitrogen and oxygen atoms in total. The number of carbonyl (C=O) groups excluding carboxylic acids is 1. The van der Waals surface area contributed by atoms with Crippen LogP contribution in [0.4, 0.5) is 24.5 Å². The average Bonchev–Trinajstić information content (AvgIpc) is 2.79. The van der Waals surface area contributed by atoms with Gasteiger partial charge in [-0.05, 0) is 67.4 Å². The summed E-state index contributed by atoms with van der Waals surface area (Å²) >= 11 is 0. The molecular weight excluding hydrogens is 469 g/mol. The summed E-state index contributed by atoms with van der Waals surface area (Å²) in [6, 6.07) is 16.5.